The summed E-state index contributed by atoms with van der Waals surface area (Å²) in [6.45, 7) is 5.13. The molecule has 0 aromatic carbocycles. The third kappa shape index (κ3) is 3.26. The van der Waals surface area contributed by atoms with Crippen LogP contribution in [0.3, 0.4) is 0 Å². The van der Waals surface area contributed by atoms with Crippen molar-refractivity contribution in [1.29, 1.82) is 0 Å². The molecular weight excluding hydrogens is 310 g/mol. The second kappa shape index (κ2) is 6.60. The quantitative estimate of drug-likeness (QED) is 0.858. The first-order valence-electron chi connectivity index (χ1n) is 8.05. The van der Waals surface area contributed by atoms with Crippen molar-refractivity contribution in [2.24, 2.45) is 0 Å². The van der Waals surface area contributed by atoms with Crippen molar-refractivity contribution in [3.05, 3.63) is 41.5 Å². The maximum atomic E-state index is 11.6. The molecule has 2 aromatic rings. The third-order valence-electron chi connectivity index (χ3n) is 4.23. The number of carbonyl (C=O) groups excluding carboxylic acids is 1. The van der Waals surface area contributed by atoms with E-state index in [1.165, 1.54) is 6.26 Å². The highest BCUT2D eigenvalue weighted by molar-refractivity contribution is 5.87. The van der Waals surface area contributed by atoms with Gasteiger partial charge in [-0.1, -0.05) is 6.07 Å². The first-order chi connectivity index (χ1) is 11.5. The molecule has 3 rings (SSSR count). The number of esters is 1. The predicted molar refractivity (Wildman–Crippen MR) is 86.8 cm³/mol. The molecule has 1 saturated heterocycles. The monoisotopic (exact) mass is 331 g/mol. The van der Waals surface area contributed by atoms with Gasteiger partial charge in [0.05, 0.1) is 12.3 Å². The number of aliphatic hydroxyl groups is 1. The van der Waals surface area contributed by atoms with Crippen molar-refractivity contribution >= 4 is 12.0 Å². The summed E-state index contributed by atoms with van der Waals surface area (Å²) in [7, 11) is 0. The Labute approximate surface area is 140 Å². The van der Waals surface area contributed by atoms with Gasteiger partial charge in [-0.15, -0.1) is 0 Å². The number of piperidine rings is 1. The van der Waals surface area contributed by atoms with Crippen molar-refractivity contribution in [3.63, 3.8) is 0 Å². The minimum absolute atomic E-state index is 0.160. The van der Waals surface area contributed by atoms with Crippen molar-refractivity contribution in [1.82, 2.24) is 9.97 Å². The Balaban J connectivity index is 1.66. The molecule has 0 aliphatic carbocycles. The summed E-state index contributed by atoms with van der Waals surface area (Å²) < 4.78 is 10.3. The maximum Gasteiger partial charge on any atom is 0.360 e. The lowest BCUT2D eigenvalue weighted by molar-refractivity contribution is 0.00685. The van der Waals surface area contributed by atoms with Crippen LogP contribution in [0.2, 0.25) is 0 Å². The number of hydrogen-bond acceptors (Lipinski definition) is 7. The van der Waals surface area contributed by atoms with Gasteiger partial charge in [-0.2, -0.15) is 4.98 Å². The largest absolute Gasteiger partial charge is 0.461 e. The number of pyridine rings is 1. The summed E-state index contributed by atoms with van der Waals surface area (Å²) in [4.78, 5) is 22.1. The molecule has 7 heteroatoms. The van der Waals surface area contributed by atoms with Crippen LogP contribution in [0.5, 0.6) is 0 Å². The van der Waals surface area contributed by atoms with Crippen molar-refractivity contribution in [2.75, 3.05) is 24.6 Å². The fraction of sp³-hybridized carbons (Fsp3) is 0.471. The lowest BCUT2D eigenvalue weighted by atomic mass is 9.88. The van der Waals surface area contributed by atoms with Gasteiger partial charge in [0.2, 0.25) is 0 Å². The fourth-order valence-electron chi connectivity index (χ4n) is 2.78. The van der Waals surface area contributed by atoms with Crippen molar-refractivity contribution in [2.45, 2.75) is 32.3 Å². The standard InChI is InChI=1S/C17H21N3O4/c1-3-23-15(21)13-11-24-16(19-13)20-8-6-17(22,7-9-20)14-5-4-12(2)10-18-14/h4-5,10-11,22H,3,6-9H2,1-2H3. The van der Waals surface area contributed by atoms with Crippen LogP contribution in [-0.2, 0) is 10.3 Å². The molecule has 1 N–H and O–H groups in total. The molecule has 0 atom stereocenters. The molecule has 3 heterocycles. The maximum absolute atomic E-state index is 11.6. The van der Waals surface area contributed by atoms with Gasteiger partial charge in [0.15, 0.2) is 5.69 Å². The molecule has 0 amide bonds. The molecule has 2 aromatic heterocycles. The van der Waals surface area contributed by atoms with Gasteiger partial charge in [0.1, 0.15) is 11.9 Å². The Bertz CT molecular complexity index is 703. The summed E-state index contributed by atoms with van der Waals surface area (Å²) in [5, 5.41) is 10.8. The second-order valence-corrected chi connectivity index (χ2v) is 5.98. The third-order valence-corrected chi connectivity index (χ3v) is 4.23. The number of nitrogens with zero attached hydrogens (tertiary/aromatic N) is 3. The summed E-state index contributed by atoms with van der Waals surface area (Å²) >= 11 is 0. The topological polar surface area (TPSA) is 88.7 Å². The van der Waals surface area contributed by atoms with Crippen LogP contribution in [0, 0.1) is 6.92 Å². The first kappa shape index (κ1) is 16.4. The van der Waals surface area contributed by atoms with E-state index in [0.717, 1.165) is 5.56 Å². The smallest absolute Gasteiger partial charge is 0.360 e. The van der Waals surface area contributed by atoms with E-state index < -0.39 is 11.6 Å². The zero-order valence-electron chi connectivity index (χ0n) is 13.9. The Morgan fingerprint density at radius 3 is 2.79 bits per heavy atom. The van der Waals surface area contributed by atoms with E-state index in [4.69, 9.17) is 9.15 Å². The molecule has 0 saturated carbocycles. The molecule has 128 valence electrons. The number of aromatic nitrogens is 2. The van der Waals surface area contributed by atoms with E-state index in [-0.39, 0.29) is 5.69 Å². The van der Waals surface area contributed by atoms with Crippen LogP contribution in [0.15, 0.2) is 29.0 Å². The number of anilines is 1. The molecule has 24 heavy (non-hydrogen) atoms. The fourth-order valence-corrected chi connectivity index (χ4v) is 2.78. The van der Waals surface area contributed by atoms with Gasteiger partial charge in [-0.05, 0) is 38.3 Å². The number of aryl methyl sites for hydroxylation is 1. The lowest BCUT2D eigenvalue weighted by Gasteiger charge is -2.37. The molecule has 7 nitrogen and oxygen atoms in total. The van der Waals surface area contributed by atoms with E-state index >= 15 is 0 Å². The van der Waals surface area contributed by atoms with E-state index in [9.17, 15) is 9.90 Å². The van der Waals surface area contributed by atoms with Gasteiger partial charge < -0.3 is 19.2 Å². The predicted octanol–water partition coefficient (Wildman–Crippen LogP) is 2.04. The first-order valence-corrected chi connectivity index (χ1v) is 8.05. The summed E-state index contributed by atoms with van der Waals surface area (Å²) in [5.41, 5.74) is 0.965. The normalized spacial score (nSPS) is 16.9. The van der Waals surface area contributed by atoms with Gasteiger partial charge in [0, 0.05) is 19.3 Å². The van der Waals surface area contributed by atoms with Crippen LogP contribution in [0.25, 0.3) is 0 Å². The van der Waals surface area contributed by atoms with Gasteiger partial charge in [0.25, 0.3) is 6.01 Å². The highest BCUT2D eigenvalue weighted by atomic mass is 16.5. The van der Waals surface area contributed by atoms with Crippen LogP contribution in [0.1, 0.15) is 41.5 Å². The van der Waals surface area contributed by atoms with Crippen LogP contribution >= 0.6 is 0 Å². The van der Waals surface area contributed by atoms with E-state index in [0.29, 0.717) is 44.2 Å². The number of ether oxygens (including phenoxy) is 1. The van der Waals surface area contributed by atoms with Gasteiger partial charge in [-0.3, -0.25) is 4.98 Å². The molecule has 0 unspecified atom stereocenters. The minimum Gasteiger partial charge on any atom is -0.461 e. The second-order valence-electron chi connectivity index (χ2n) is 5.98. The summed E-state index contributed by atoms with van der Waals surface area (Å²) in [6.07, 6.45) is 4.09. The Morgan fingerprint density at radius 2 is 2.17 bits per heavy atom. The number of rotatable bonds is 4. The van der Waals surface area contributed by atoms with Gasteiger partial charge >= 0.3 is 5.97 Å². The van der Waals surface area contributed by atoms with Crippen LogP contribution in [0.4, 0.5) is 6.01 Å². The zero-order chi connectivity index (χ0) is 17.2. The molecule has 0 bridgehead atoms. The average molecular weight is 331 g/mol. The highest BCUT2D eigenvalue weighted by Gasteiger charge is 2.36. The molecule has 1 aliphatic heterocycles. The molecule has 1 aliphatic rings. The van der Waals surface area contributed by atoms with Crippen LogP contribution < -0.4 is 4.90 Å². The van der Waals surface area contributed by atoms with Crippen molar-refractivity contribution < 1.29 is 19.1 Å². The molecule has 0 radical (unpaired) electrons. The average Bonchev–Trinajstić information content (AvgIpc) is 3.06. The zero-order valence-corrected chi connectivity index (χ0v) is 13.9. The molecule has 0 spiro atoms. The Hall–Kier alpha value is -2.41. The lowest BCUT2D eigenvalue weighted by Crippen LogP contribution is -2.43. The van der Waals surface area contributed by atoms with E-state index in [2.05, 4.69) is 9.97 Å². The van der Waals surface area contributed by atoms with E-state index in [1.54, 1.807) is 13.1 Å². The highest BCUT2D eigenvalue weighted by Crippen LogP contribution is 2.33. The number of oxazole rings is 1. The Kier molecular flexibility index (Phi) is 4.53. The Morgan fingerprint density at radius 1 is 1.42 bits per heavy atom. The van der Waals surface area contributed by atoms with E-state index in [1.807, 2.05) is 24.0 Å². The molecular formula is C17H21N3O4. The SMILES string of the molecule is CCOC(=O)c1coc(N2CCC(O)(c3ccc(C)cn3)CC2)n1. The molecule has 1 fully saturated rings. The minimum atomic E-state index is -0.944. The number of carbonyl (C=O) groups is 1. The number of hydrogen-bond donors (Lipinski definition) is 1. The summed E-state index contributed by atoms with van der Waals surface area (Å²) in [5.74, 6) is -0.495. The summed E-state index contributed by atoms with van der Waals surface area (Å²) in [6, 6.07) is 4.19. The van der Waals surface area contributed by atoms with Crippen molar-refractivity contribution in [3.8, 4) is 0 Å². The van der Waals surface area contributed by atoms with Crippen LogP contribution in [-0.4, -0.2) is 40.7 Å². The van der Waals surface area contributed by atoms with Gasteiger partial charge in [-0.25, -0.2) is 4.79 Å².